The lowest BCUT2D eigenvalue weighted by Gasteiger charge is -2.12. The van der Waals surface area contributed by atoms with Crippen molar-refractivity contribution in [1.29, 1.82) is 0 Å². The number of rotatable bonds is 2. The van der Waals surface area contributed by atoms with Crippen molar-refractivity contribution in [3.05, 3.63) is 29.0 Å². The SMILES string of the molecule is CSc1nc2c([C@@H](C)N)cc(C)cc2nc1C. The summed E-state index contributed by atoms with van der Waals surface area (Å²) in [5.74, 6) is 0. The van der Waals surface area contributed by atoms with Crippen LogP contribution in [0, 0.1) is 13.8 Å². The molecule has 1 atom stereocenters. The van der Waals surface area contributed by atoms with Crippen LogP contribution in [0.25, 0.3) is 11.0 Å². The van der Waals surface area contributed by atoms with Crippen molar-refractivity contribution < 1.29 is 0 Å². The largest absolute Gasteiger partial charge is 0.324 e. The van der Waals surface area contributed by atoms with Gasteiger partial charge in [-0.15, -0.1) is 11.8 Å². The minimum Gasteiger partial charge on any atom is -0.324 e. The van der Waals surface area contributed by atoms with Gasteiger partial charge in [-0.05, 0) is 44.2 Å². The maximum atomic E-state index is 6.00. The molecule has 90 valence electrons. The molecule has 3 nitrogen and oxygen atoms in total. The molecular formula is C13H17N3S. The van der Waals surface area contributed by atoms with Crippen molar-refractivity contribution in [2.45, 2.75) is 31.8 Å². The standard InChI is InChI=1S/C13H17N3S/c1-7-5-10(8(2)14)12-11(6-7)15-9(3)13(16-12)17-4/h5-6,8H,14H2,1-4H3/t8-/m1/s1. The fourth-order valence-corrected chi connectivity index (χ4v) is 2.47. The van der Waals surface area contributed by atoms with E-state index in [1.54, 1.807) is 11.8 Å². The van der Waals surface area contributed by atoms with Gasteiger partial charge in [-0.2, -0.15) is 0 Å². The Morgan fingerprint density at radius 3 is 2.53 bits per heavy atom. The first-order valence-electron chi connectivity index (χ1n) is 5.61. The van der Waals surface area contributed by atoms with Crippen LogP contribution in [0.4, 0.5) is 0 Å². The zero-order chi connectivity index (χ0) is 12.6. The van der Waals surface area contributed by atoms with Crippen LogP contribution in [0.5, 0.6) is 0 Å². The van der Waals surface area contributed by atoms with Gasteiger partial charge in [0.05, 0.1) is 16.7 Å². The zero-order valence-corrected chi connectivity index (χ0v) is 11.4. The molecule has 4 heteroatoms. The van der Waals surface area contributed by atoms with Crippen molar-refractivity contribution in [1.82, 2.24) is 9.97 Å². The molecule has 2 N–H and O–H groups in total. The minimum absolute atomic E-state index is 0.0240. The van der Waals surface area contributed by atoms with E-state index in [1.165, 1.54) is 5.56 Å². The summed E-state index contributed by atoms with van der Waals surface area (Å²) < 4.78 is 0. The second-order valence-corrected chi connectivity index (χ2v) is 5.12. The van der Waals surface area contributed by atoms with Crippen LogP contribution >= 0.6 is 11.8 Å². The molecule has 0 radical (unpaired) electrons. The summed E-state index contributed by atoms with van der Waals surface area (Å²) in [7, 11) is 0. The van der Waals surface area contributed by atoms with Gasteiger partial charge in [0.1, 0.15) is 5.03 Å². The van der Waals surface area contributed by atoms with E-state index in [2.05, 4.69) is 29.0 Å². The second kappa shape index (κ2) is 4.63. The predicted octanol–water partition coefficient (Wildman–Crippen LogP) is 2.99. The third-order valence-electron chi connectivity index (χ3n) is 2.76. The van der Waals surface area contributed by atoms with Gasteiger partial charge in [-0.25, -0.2) is 9.97 Å². The van der Waals surface area contributed by atoms with Crippen LogP contribution in [0.3, 0.4) is 0 Å². The number of hydrogen-bond donors (Lipinski definition) is 1. The predicted molar refractivity (Wildman–Crippen MR) is 73.4 cm³/mol. The monoisotopic (exact) mass is 247 g/mol. The molecule has 0 saturated carbocycles. The molecule has 17 heavy (non-hydrogen) atoms. The zero-order valence-electron chi connectivity index (χ0n) is 10.6. The molecule has 2 aromatic rings. The molecule has 1 aromatic carbocycles. The number of aromatic nitrogens is 2. The molecule has 0 spiro atoms. The number of hydrogen-bond acceptors (Lipinski definition) is 4. The summed E-state index contributed by atoms with van der Waals surface area (Å²) in [6.07, 6.45) is 2.02. The lowest BCUT2D eigenvalue weighted by Crippen LogP contribution is -2.08. The lowest BCUT2D eigenvalue weighted by molar-refractivity contribution is 0.819. The molecule has 0 amide bonds. The van der Waals surface area contributed by atoms with Gasteiger partial charge in [0.2, 0.25) is 0 Å². The first-order valence-corrected chi connectivity index (χ1v) is 6.84. The smallest absolute Gasteiger partial charge is 0.118 e. The Bertz CT molecular complexity index is 564. The highest BCUT2D eigenvalue weighted by molar-refractivity contribution is 7.98. The first-order chi connectivity index (χ1) is 8.02. The van der Waals surface area contributed by atoms with Gasteiger partial charge < -0.3 is 5.73 Å². The number of fused-ring (bicyclic) bond motifs is 1. The summed E-state index contributed by atoms with van der Waals surface area (Å²) in [5.41, 5.74) is 11.1. The van der Waals surface area contributed by atoms with E-state index in [4.69, 9.17) is 5.73 Å². The number of benzene rings is 1. The van der Waals surface area contributed by atoms with E-state index in [0.29, 0.717) is 0 Å². The fraction of sp³-hybridized carbons (Fsp3) is 0.385. The van der Waals surface area contributed by atoms with Gasteiger partial charge in [-0.1, -0.05) is 6.07 Å². The summed E-state index contributed by atoms with van der Waals surface area (Å²) in [5, 5.41) is 0.975. The Labute approximate surface area is 106 Å². The Morgan fingerprint density at radius 1 is 1.24 bits per heavy atom. The van der Waals surface area contributed by atoms with Gasteiger partial charge in [0.15, 0.2) is 0 Å². The fourth-order valence-electron chi connectivity index (χ4n) is 1.95. The molecule has 2 rings (SSSR count). The van der Waals surface area contributed by atoms with Gasteiger partial charge in [-0.3, -0.25) is 0 Å². The number of aryl methyl sites for hydroxylation is 2. The molecule has 0 unspecified atom stereocenters. The molecule has 0 saturated heterocycles. The third kappa shape index (κ3) is 2.28. The average molecular weight is 247 g/mol. The third-order valence-corrected chi connectivity index (χ3v) is 3.53. The van der Waals surface area contributed by atoms with Crippen molar-refractivity contribution in [3.8, 4) is 0 Å². The number of nitrogens with two attached hydrogens (primary N) is 1. The van der Waals surface area contributed by atoms with Gasteiger partial charge >= 0.3 is 0 Å². The van der Waals surface area contributed by atoms with Crippen molar-refractivity contribution in [2.75, 3.05) is 6.26 Å². The van der Waals surface area contributed by atoms with Crippen LogP contribution in [0.1, 0.15) is 29.8 Å². The number of thioether (sulfide) groups is 1. The lowest BCUT2D eigenvalue weighted by atomic mass is 10.0. The average Bonchev–Trinajstić information content (AvgIpc) is 2.26. The summed E-state index contributed by atoms with van der Waals surface area (Å²) in [6.45, 7) is 6.03. The van der Waals surface area contributed by atoms with Crippen molar-refractivity contribution >= 4 is 22.8 Å². The molecule has 0 aliphatic carbocycles. The Morgan fingerprint density at radius 2 is 1.94 bits per heavy atom. The van der Waals surface area contributed by atoms with Crippen LogP contribution in [0.2, 0.25) is 0 Å². The van der Waals surface area contributed by atoms with E-state index in [1.807, 2.05) is 20.1 Å². The molecule has 0 aliphatic heterocycles. The normalized spacial score (nSPS) is 13.0. The quantitative estimate of drug-likeness (QED) is 0.829. The Balaban J connectivity index is 2.81. The van der Waals surface area contributed by atoms with Crippen LogP contribution in [0.15, 0.2) is 17.2 Å². The van der Waals surface area contributed by atoms with Crippen LogP contribution in [-0.2, 0) is 0 Å². The summed E-state index contributed by atoms with van der Waals surface area (Å²) in [4.78, 5) is 9.29. The van der Waals surface area contributed by atoms with Crippen molar-refractivity contribution in [2.24, 2.45) is 5.73 Å². The highest BCUT2D eigenvalue weighted by Crippen LogP contribution is 2.26. The van der Waals surface area contributed by atoms with E-state index in [-0.39, 0.29) is 6.04 Å². The van der Waals surface area contributed by atoms with E-state index in [9.17, 15) is 0 Å². The topological polar surface area (TPSA) is 51.8 Å². The van der Waals surface area contributed by atoms with Crippen LogP contribution in [-0.4, -0.2) is 16.2 Å². The van der Waals surface area contributed by atoms with Gasteiger partial charge in [0, 0.05) is 6.04 Å². The summed E-state index contributed by atoms with van der Waals surface area (Å²) >= 11 is 1.62. The highest BCUT2D eigenvalue weighted by Gasteiger charge is 2.11. The highest BCUT2D eigenvalue weighted by atomic mass is 32.2. The Kier molecular flexibility index (Phi) is 3.35. The second-order valence-electron chi connectivity index (χ2n) is 4.33. The Hall–Kier alpha value is -1.13. The van der Waals surface area contributed by atoms with Crippen molar-refractivity contribution in [3.63, 3.8) is 0 Å². The molecule has 0 bridgehead atoms. The van der Waals surface area contributed by atoms with Crippen LogP contribution < -0.4 is 5.73 Å². The molecule has 0 fully saturated rings. The molecular weight excluding hydrogens is 230 g/mol. The minimum atomic E-state index is -0.0240. The molecule has 1 aromatic heterocycles. The van der Waals surface area contributed by atoms with E-state index < -0.39 is 0 Å². The maximum absolute atomic E-state index is 6.00. The first kappa shape index (κ1) is 12.3. The van der Waals surface area contributed by atoms with E-state index in [0.717, 1.165) is 27.3 Å². The molecule has 1 heterocycles. The van der Waals surface area contributed by atoms with Gasteiger partial charge in [0.25, 0.3) is 0 Å². The number of nitrogens with zero attached hydrogens (tertiary/aromatic N) is 2. The molecule has 0 aliphatic rings. The maximum Gasteiger partial charge on any atom is 0.118 e. The van der Waals surface area contributed by atoms with E-state index >= 15 is 0 Å². The summed E-state index contributed by atoms with van der Waals surface area (Å²) in [6, 6.07) is 4.14.